The molecule has 2 unspecified atom stereocenters. The van der Waals surface area contributed by atoms with Crippen molar-refractivity contribution in [2.75, 3.05) is 13.1 Å². The van der Waals surface area contributed by atoms with Crippen molar-refractivity contribution < 1.29 is 8.91 Å². The molecule has 0 spiro atoms. The fourth-order valence-electron chi connectivity index (χ4n) is 3.04. The first-order chi connectivity index (χ1) is 10.5. The Labute approximate surface area is 130 Å². The van der Waals surface area contributed by atoms with Crippen LogP contribution in [0.4, 0.5) is 4.39 Å². The summed E-state index contributed by atoms with van der Waals surface area (Å²) in [6.45, 7) is 8.25. The van der Waals surface area contributed by atoms with E-state index >= 15 is 0 Å². The van der Waals surface area contributed by atoms with E-state index in [1.165, 1.54) is 18.9 Å². The number of halogens is 1. The van der Waals surface area contributed by atoms with Crippen LogP contribution >= 0.6 is 0 Å². The summed E-state index contributed by atoms with van der Waals surface area (Å²) < 4.78 is 18.8. The van der Waals surface area contributed by atoms with Crippen LogP contribution in [-0.2, 0) is 0 Å². The quantitative estimate of drug-likeness (QED) is 0.860. The van der Waals surface area contributed by atoms with E-state index in [1.807, 2.05) is 0 Å². The normalized spacial score (nSPS) is 21.0. The van der Waals surface area contributed by atoms with Gasteiger partial charge in [-0.05, 0) is 62.9 Å². The zero-order chi connectivity index (χ0) is 15.7. The molecule has 1 aromatic heterocycles. The van der Waals surface area contributed by atoms with Gasteiger partial charge in [0.15, 0.2) is 0 Å². The summed E-state index contributed by atoms with van der Waals surface area (Å²) in [6, 6.07) is 4.99. The Hall–Kier alpha value is -1.75. The van der Waals surface area contributed by atoms with Crippen LogP contribution in [-0.4, -0.2) is 28.1 Å². The van der Waals surface area contributed by atoms with E-state index in [-0.39, 0.29) is 11.9 Å². The number of aryl methyl sites for hydroxylation is 1. The first-order valence-corrected chi connectivity index (χ1v) is 7.89. The molecule has 0 saturated carbocycles. The van der Waals surface area contributed by atoms with E-state index in [0.717, 1.165) is 18.7 Å². The maximum Gasteiger partial charge on any atom is 0.244 e. The number of benzene rings is 1. The van der Waals surface area contributed by atoms with Gasteiger partial charge >= 0.3 is 0 Å². The number of hydrogen-bond donors (Lipinski definition) is 0. The van der Waals surface area contributed by atoms with Crippen LogP contribution in [0.2, 0.25) is 0 Å². The number of piperidine rings is 1. The predicted octanol–water partition coefficient (Wildman–Crippen LogP) is 3.98. The Morgan fingerprint density at radius 1 is 1.41 bits per heavy atom. The second-order valence-corrected chi connectivity index (χ2v) is 6.34. The minimum Gasteiger partial charge on any atom is -0.337 e. The third-order valence-corrected chi connectivity index (χ3v) is 4.45. The second-order valence-electron chi connectivity index (χ2n) is 6.34. The number of aromatic nitrogens is 2. The third kappa shape index (κ3) is 3.04. The molecule has 118 valence electrons. The Bertz CT molecular complexity index is 655. The zero-order valence-corrected chi connectivity index (χ0v) is 13.3. The predicted molar refractivity (Wildman–Crippen MR) is 82.8 cm³/mol. The topological polar surface area (TPSA) is 42.2 Å². The van der Waals surface area contributed by atoms with Gasteiger partial charge in [0.05, 0.1) is 6.04 Å². The first-order valence-electron chi connectivity index (χ1n) is 7.89. The van der Waals surface area contributed by atoms with Gasteiger partial charge in [-0.3, -0.25) is 4.90 Å². The van der Waals surface area contributed by atoms with Crippen LogP contribution in [0.25, 0.3) is 11.4 Å². The van der Waals surface area contributed by atoms with Gasteiger partial charge in [-0.15, -0.1) is 0 Å². The van der Waals surface area contributed by atoms with Crippen LogP contribution in [0.3, 0.4) is 0 Å². The van der Waals surface area contributed by atoms with E-state index in [0.29, 0.717) is 23.2 Å². The lowest BCUT2D eigenvalue weighted by Gasteiger charge is -2.33. The molecule has 2 atom stereocenters. The van der Waals surface area contributed by atoms with Gasteiger partial charge in [0.25, 0.3) is 0 Å². The molecular formula is C17H22FN3O. The van der Waals surface area contributed by atoms with E-state index in [2.05, 4.69) is 28.9 Å². The van der Waals surface area contributed by atoms with E-state index in [4.69, 9.17) is 4.52 Å². The van der Waals surface area contributed by atoms with Crippen molar-refractivity contribution in [1.29, 1.82) is 0 Å². The highest BCUT2D eigenvalue weighted by Crippen LogP contribution is 2.27. The molecule has 1 fully saturated rings. The molecule has 0 radical (unpaired) electrons. The van der Waals surface area contributed by atoms with Crippen molar-refractivity contribution in [3.05, 3.63) is 35.5 Å². The first kappa shape index (κ1) is 15.2. The molecule has 1 saturated heterocycles. The Kier molecular flexibility index (Phi) is 4.25. The van der Waals surface area contributed by atoms with Crippen molar-refractivity contribution in [3.8, 4) is 11.4 Å². The third-order valence-electron chi connectivity index (χ3n) is 4.45. The molecule has 0 aliphatic carbocycles. The number of likely N-dealkylation sites (tertiary alicyclic amines) is 1. The van der Waals surface area contributed by atoms with E-state index in [9.17, 15) is 4.39 Å². The molecule has 2 heterocycles. The molecule has 0 amide bonds. The minimum absolute atomic E-state index is 0.116. The molecule has 2 aromatic rings. The summed E-state index contributed by atoms with van der Waals surface area (Å²) in [4.78, 5) is 6.90. The average Bonchev–Trinajstić information content (AvgIpc) is 2.99. The molecule has 4 nitrogen and oxygen atoms in total. The largest absolute Gasteiger partial charge is 0.337 e. The van der Waals surface area contributed by atoms with Crippen LogP contribution in [0.15, 0.2) is 22.7 Å². The molecule has 1 aliphatic heterocycles. The van der Waals surface area contributed by atoms with Crippen LogP contribution < -0.4 is 0 Å². The molecule has 22 heavy (non-hydrogen) atoms. The lowest BCUT2D eigenvalue weighted by molar-refractivity contribution is 0.117. The van der Waals surface area contributed by atoms with Crippen molar-refractivity contribution in [2.24, 2.45) is 5.92 Å². The fourth-order valence-corrected chi connectivity index (χ4v) is 3.04. The molecule has 0 bridgehead atoms. The van der Waals surface area contributed by atoms with Crippen molar-refractivity contribution >= 4 is 0 Å². The minimum atomic E-state index is -0.219. The average molecular weight is 303 g/mol. The summed E-state index contributed by atoms with van der Waals surface area (Å²) in [5, 5.41) is 4.06. The lowest BCUT2D eigenvalue weighted by Crippen LogP contribution is -2.36. The SMILES string of the molecule is Cc1cc(-c2noc(C(C)N3CCCC(C)C3)n2)ccc1F. The fraction of sp³-hybridized carbons (Fsp3) is 0.529. The number of nitrogens with zero attached hydrogens (tertiary/aromatic N) is 3. The molecule has 1 aliphatic rings. The maximum absolute atomic E-state index is 13.4. The van der Waals surface area contributed by atoms with E-state index in [1.54, 1.807) is 19.1 Å². The zero-order valence-electron chi connectivity index (χ0n) is 13.3. The van der Waals surface area contributed by atoms with Crippen LogP contribution in [0.5, 0.6) is 0 Å². The Morgan fingerprint density at radius 2 is 2.23 bits per heavy atom. The lowest BCUT2D eigenvalue weighted by atomic mass is 9.99. The van der Waals surface area contributed by atoms with Gasteiger partial charge in [0.2, 0.25) is 11.7 Å². The summed E-state index contributed by atoms with van der Waals surface area (Å²) in [5.41, 5.74) is 1.37. The van der Waals surface area contributed by atoms with Gasteiger partial charge in [-0.25, -0.2) is 4.39 Å². The van der Waals surface area contributed by atoms with E-state index < -0.39 is 0 Å². The van der Waals surface area contributed by atoms with Gasteiger partial charge < -0.3 is 4.52 Å². The molecule has 1 aromatic carbocycles. The standard InChI is InChI=1S/C17H22FN3O/c1-11-5-4-8-21(10-11)13(3)17-19-16(20-22-17)14-6-7-15(18)12(2)9-14/h6-7,9,11,13H,4-5,8,10H2,1-3H3. The van der Waals surface area contributed by atoms with Crippen LogP contribution in [0.1, 0.15) is 44.2 Å². The molecule has 5 heteroatoms. The highest BCUT2D eigenvalue weighted by atomic mass is 19.1. The van der Waals surface area contributed by atoms with Gasteiger partial charge in [0, 0.05) is 12.1 Å². The van der Waals surface area contributed by atoms with Crippen LogP contribution in [0, 0.1) is 18.7 Å². The Balaban J connectivity index is 1.79. The van der Waals surface area contributed by atoms with Crippen molar-refractivity contribution in [1.82, 2.24) is 15.0 Å². The van der Waals surface area contributed by atoms with Crippen molar-refractivity contribution in [3.63, 3.8) is 0 Å². The highest BCUT2D eigenvalue weighted by Gasteiger charge is 2.26. The highest BCUT2D eigenvalue weighted by molar-refractivity contribution is 5.55. The monoisotopic (exact) mass is 303 g/mol. The maximum atomic E-state index is 13.4. The van der Waals surface area contributed by atoms with Gasteiger partial charge in [-0.2, -0.15) is 4.98 Å². The summed E-state index contributed by atoms with van der Waals surface area (Å²) >= 11 is 0. The summed E-state index contributed by atoms with van der Waals surface area (Å²) in [5.74, 6) is 1.64. The van der Waals surface area contributed by atoms with Crippen molar-refractivity contribution in [2.45, 2.75) is 39.7 Å². The second kappa shape index (κ2) is 6.16. The number of hydrogen-bond acceptors (Lipinski definition) is 4. The smallest absolute Gasteiger partial charge is 0.244 e. The molecular weight excluding hydrogens is 281 g/mol. The molecule has 0 N–H and O–H groups in total. The van der Waals surface area contributed by atoms with Gasteiger partial charge in [0.1, 0.15) is 5.82 Å². The molecule has 3 rings (SSSR count). The van der Waals surface area contributed by atoms with Gasteiger partial charge in [-0.1, -0.05) is 12.1 Å². The number of rotatable bonds is 3. The Morgan fingerprint density at radius 3 is 2.95 bits per heavy atom. The summed E-state index contributed by atoms with van der Waals surface area (Å²) in [7, 11) is 0. The summed E-state index contributed by atoms with van der Waals surface area (Å²) in [6.07, 6.45) is 2.50.